The molecule has 1 fully saturated rings. The average Bonchev–Trinajstić information content (AvgIpc) is 3.21. The van der Waals surface area contributed by atoms with Crippen LogP contribution >= 0.6 is 0 Å². The Kier molecular flexibility index (Phi) is 6.86. The molecule has 1 atom stereocenters. The van der Waals surface area contributed by atoms with Crippen molar-refractivity contribution in [1.29, 1.82) is 0 Å². The third-order valence-electron chi connectivity index (χ3n) is 6.59. The summed E-state index contributed by atoms with van der Waals surface area (Å²) in [7, 11) is 0. The Morgan fingerprint density at radius 3 is 2.78 bits per heavy atom. The second kappa shape index (κ2) is 10.4. The summed E-state index contributed by atoms with van der Waals surface area (Å²) in [5, 5.41) is 15.7. The van der Waals surface area contributed by atoms with E-state index in [9.17, 15) is 4.79 Å². The molecule has 4 aromatic rings. The number of carbonyl (C=O) groups excluding carboxylic acids is 1. The van der Waals surface area contributed by atoms with E-state index in [0.29, 0.717) is 17.5 Å². The van der Waals surface area contributed by atoms with Gasteiger partial charge in [0.05, 0.1) is 11.1 Å². The fourth-order valence-electron chi connectivity index (χ4n) is 4.76. The molecule has 0 bridgehead atoms. The van der Waals surface area contributed by atoms with E-state index in [-0.39, 0.29) is 5.91 Å². The number of fused-ring (bicyclic) bond motifs is 1. The number of carbonyl (C=O) groups is 1. The van der Waals surface area contributed by atoms with Gasteiger partial charge >= 0.3 is 0 Å². The highest BCUT2D eigenvalue weighted by Crippen LogP contribution is 2.25. The summed E-state index contributed by atoms with van der Waals surface area (Å²) in [4.78, 5) is 19.2. The minimum atomic E-state index is -0.161. The highest BCUT2D eigenvalue weighted by atomic mass is 16.1. The molecule has 8 nitrogen and oxygen atoms in total. The second-order valence-corrected chi connectivity index (χ2v) is 9.70. The lowest BCUT2D eigenvalue weighted by atomic mass is 9.97. The zero-order chi connectivity index (χ0) is 25.1. The van der Waals surface area contributed by atoms with Gasteiger partial charge in [-0.15, -0.1) is 5.10 Å². The van der Waals surface area contributed by atoms with Crippen molar-refractivity contribution in [3.05, 3.63) is 77.5 Å². The molecular formula is C28H33N7O. The van der Waals surface area contributed by atoms with Crippen LogP contribution in [-0.2, 0) is 0 Å². The van der Waals surface area contributed by atoms with Crippen LogP contribution in [0.2, 0.25) is 0 Å². The van der Waals surface area contributed by atoms with Gasteiger partial charge in [-0.1, -0.05) is 26.0 Å². The zero-order valence-electron chi connectivity index (χ0n) is 21.0. The van der Waals surface area contributed by atoms with Gasteiger partial charge in [0.2, 0.25) is 0 Å². The molecule has 1 saturated heterocycles. The Morgan fingerprint density at radius 1 is 1.11 bits per heavy atom. The van der Waals surface area contributed by atoms with Crippen LogP contribution in [0.15, 0.2) is 60.8 Å². The molecule has 186 valence electrons. The minimum absolute atomic E-state index is 0.161. The zero-order valence-corrected chi connectivity index (χ0v) is 21.0. The van der Waals surface area contributed by atoms with E-state index in [0.717, 1.165) is 54.2 Å². The first-order chi connectivity index (χ1) is 17.5. The molecule has 2 aromatic carbocycles. The molecule has 1 aliphatic rings. The van der Waals surface area contributed by atoms with E-state index in [1.165, 1.54) is 11.1 Å². The van der Waals surface area contributed by atoms with Crippen LogP contribution in [-0.4, -0.2) is 39.9 Å². The molecule has 0 unspecified atom stereocenters. The number of nitrogens with zero attached hydrogens (tertiary/aromatic N) is 3. The van der Waals surface area contributed by atoms with Crippen LogP contribution in [0.25, 0.3) is 11.0 Å². The summed E-state index contributed by atoms with van der Waals surface area (Å²) >= 11 is 0. The second-order valence-electron chi connectivity index (χ2n) is 9.70. The largest absolute Gasteiger partial charge is 0.364 e. The van der Waals surface area contributed by atoms with Gasteiger partial charge in [-0.2, -0.15) is 4.79 Å². The number of amides is 1. The van der Waals surface area contributed by atoms with Crippen molar-refractivity contribution < 1.29 is 4.79 Å². The van der Waals surface area contributed by atoms with Crippen molar-refractivity contribution in [2.45, 2.75) is 45.6 Å². The van der Waals surface area contributed by atoms with Gasteiger partial charge in [0.1, 0.15) is 0 Å². The molecule has 8 heteroatoms. The van der Waals surface area contributed by atoms with Crippen molar-refractivity contribution in [1.82, 2.24) is 20.2 Å². The standard InChI is InChI=1S/C28H33N7O/c1-18(2)24-12-11-21(15-19(24)3)32-28(36)20-7-4-8-22(16-20)33-35-27-25(10-6-14-30-27)26(34-35)31-23-9-5-13-29-17-23/h4,6-8,10-12,14-16,18,23,29,33H,5,9,13,17H2,1-3H3,(H,31,34)(H,32,36)/t23-/m1/s1. The molecule has 0 saturated carbocycles. The highest BCUT2D eigenvalue weighted by molar-refractivity contribution is 6.04. The smallest absolute Gasteiger partial charge is 0.255 e. The van der Waals surface area contributed by atoms with Gasteiger partial charge in [0.15, 0.2) is 11.5 Å². The van der Waals surface area contributed by atoms with Crippen LogP contribution in [0.3, 0.4) is 0 Å². The number of aryl methyl sites for hydroxylation is 1. The summed E-state index contributed by atoms with van der Waals surface area (Å²) in [6.07, 6.45) is 4.00. The maximum atomic E-state index is 13.0. The summed E-state index contributed by atoms with van der Waals surface area (Å²) in [6, 6.07) is 17.7. The van der Waals surface area contributed by atoms with Crippen molar-refractivity contribution in [2.75, 3.05) is 29.1 Å². The quantitative estimate of drug-likeness (QED) is 0.290. The lowest BCUT2D eigenvalue weighted by Gasteiger charge is -2.23. The Bertz CT molecular complexity index is 1370. The van der Waals surface area contributed by atoms with Gasteiger partial charge in [-0.3, -0.25) is 10.2 Å². The third-order valence-corrected chi connectivity index (χ3v) is 6.59. The van der Waals surface area contributed by atoms with E-state index in [1.54, 1.807) is 17.1 Å². The molecule has 3 heterocycles. The summed E-state index contributed by atoms with van der Waals surface area (Å²) < 4.78 is 0. The summed E-state index contributed by atoms with van der Waals surface area (Å²) in [6.45, 7) is 8.39. The number of hydrogen-bond donors (Lipinski definition) is 4. The van der Waals surface area contributed by atoms with E-state index in [2.05, 4.69) is 53.2 Å². The summed E-state index contributed by atoms with van der Waals surface area (Å²) in [5.74, 6) is 1.08. The first-order valence-electron chi connectivity index (χ1n) is 12.6. The number of pyridine rings is 1. The van der Waals surface area contributed by atoms with Crippen LogP contribution in [0.1, 0.15) is 54.1 Å². The lowest BCUT2D eigenvalue weighted by Crippen LogP contribution is -2.38. The predicted octanol–water partition coefficient (Wildman–Crippen LogP) is 5.15. The summed E-state index contributed by atoms with van der Waals surface area (Å²) in [5.41, 5.74) is 8.57. The Labute approximate surface area is 211 Å². The van der Waals surface area contributed by atoms with Crippen LogP contribution in [0.5, 0.6) is 0 Å². The van der Waals surface area contributed by atoms with Gasteiger partial charge in [0, 0.05) is 30.0 Å². The number of nitrogens with one attached hydrogen (secondary N) is 4. The number of hydrogen-bond acceptors (Lipinski definition) is 6. The van der Waals surface area contributed by atoms with Crippen molar-refractivity contribution >= 4 is 34.1 Å². The highest BCUT2D eigenvalue weighted by Gasteiger charge is 2.18. The SMILES string of the molecule is Cc1cc(NC(=O)c2cccc(Nn3nc(N[C@@H]4CCCNC4)c4cccnc43)c2)ccc1C(C)C. The monoisotopic (exact) mass is 483 g/mol. The molecule has 36 heavy (non-hydrogen) atoms. The molecule has 0 spiro atoms. The number of rotatable bonds is 7. The molecule has 1 amide bonds. The number of aromatic nitrogens is 3. The van der Waals surface area contributed by atoms with E-state index < -0.39 is 0 Å². The van der Waals surface area contributed by atoms with Crippen molar-refractivity contribution in [2.24, 2.45) is 0 Å². The fraction of sp³-hybridized carbons (Fsp3) is 0.321. The first kappa shape index (κ1) is 23.8. The lowest BCUT2D eigenvalue weighted by molar-refractivity contribution is 0.102. The van der Waals surface area contributed by atoms with Gasteiger partial charge in [-0.05, 0) is 85.8 Å². The normalized spacial score (nSPS) is 15.7. The van der Waals surface area contributed by atoms with Crippen LogP contribution in [0, 0.1) is 6.92 Å². The Morgan fingerprint density at radius 2 is 2.00 bits per heavy atom. The molecule has 0 aliphatic carbocycles. The first-order valence-corrected chi connectivity index (χ1v) is 12.6. The number of piperidine rings is 1. The molecule has 0 radical (unpaired) electrons. The number of anilines is 3. The topological polar surface area (TPSA) is 95.9 Å². The van der Waals surface area contributed by atoms with Crippen LogP contribution < -0.4 is 21.4 Å². The third kappa shape index (κ3) is 5.18. The van der Waals surface area contributed by atoms with E-state index in [1.807, 2.05) is 42.5 Å². The average molecular weight is 484 g/mol. The molecule has 5 rings (SSSR count). The van der Waals surface area contributed by atoms with Gasteiger partial charge in [0.25, 0.3) is 5.91 Å². The minimum Gasteiger partial charge on any atom is -0.364 e. The molecule has 4 N–H and O–H groups in total. The van der Waals surface area contributed by atoms with Crippen molar-refractivity contribution in [3.63, 3.8) is 0 Å². The van der Waals surface area contributed by atoms with E-state index >= 15 is 0 Å². The van der Waals surface area contributed by atoms with Gasteiger partial charge < -0.3 is 16.0 Å². The van der Waals surface area contributed by atoms with Gasteiger partial charge in [-0.25, -0.2) is 4.98 Å². The van der Waals surface area contributed by atoms with Crippen LogP contribution in [0.4, 0.5) is 17.2 Å². The predicted molar refractivity (Wildman–Crippen MR) is 146 cm³/mol. The molecule has 2 aromatic heterocycles. The molecule has 1 aliphatic heterocycles. The van der Waals surface area contributed by atoms with E-state index in [4.69, 9.17) is 5.10 Å². The maximum Gasteiger partial charge on any atom is 0.255 e. The fourth-order valence-corrected chi connectivity index (χ4v) is 4.76. The van der Waals surface area contributed by atoms with Crippen molar-refractivity contribution in [3.8, 4) is 0 Å². The maximum absolute atomic E-state index is 13.0. The Balaban J connectivity index is 1.34. The Hall–Kier alpha value is -3.91. The molecular weight excluding hydrogens is 450 g/mol. The number of benzene rings is 2.